The number of benzene rings is 1. The number of hydrogen-bond acceptors (Lipinski definition) is 3. The maximum Gasteiger partial charge on any atom is 0.161 e. The molecule has 0 unspecified atom stereocenters. The minimum absolute atomic E-state index is 0.637. The zero-order valence-electron chi connectivity index (χ0n) is 10.5. The van der Waals surface area contributed by atoms with E-state index in [0.717, 1.165) is 35.2 Å². The molecule has 0 saturated heterocycles. The van der Waals surface area contributed by atoms with E-state index in [0.29, 0.717) is 5.92 Å². The summed E-state index contributed by atoms with van der Waals surface area (Å²) in [7, 11) is 0. The summed E-state index contributed by atoms with van der Waals surface area (Å²) in [5.41, 5.74) is 4.64. The van der Waals surface area contributed by atoms with Crippen LogP contribution in [0.1, 0.15) is 35.7 Å². The van der Waals surface area contributed by atoms with Gasteiger partial charge in [-0.05, 0) is 25.0 Å². The molecule has 1 aromatic carbocycles. The Kier molecular flexibility index (Phi) is 2.57. The van der Waals surface area contributed by atoms with Gasteiger partial charge in [0.2, 0.25) is 0 Å². The van der Waals surface area contributed by atoms with Crippen LogP contribution in [0.5, 0.6) is 0 Å². The van der Waals surface area contributed by atoms with Gasteiger partial charge in [0.25, 0.3) is 0 Å². The highest BCUT2D eigenvalue weighted by Gasteiger charge is 2.31. The van der Waals surface area contributed by atoms with Crippen LogP contribution in [0, 0.1) is 0 Å². The van der Waals surface area contributed by atoms with Gasteiger partial charge in [0.1, 0.15) is 0 Å². The zero-order chi connectivity index (χ0) is 12.8. The van der Waals surface area contributed by atoms with Gasteiger partial charge < -0.3 is 5.32 Å². The fourth-order valence-corrected chi connectivity index (χ4v) is 2.87. The largest absolute Gasteiger partial charge is 0.307 e. The molecule has 2 heterocycles. The van der Waals surface area contributed by atoms with Gasteiger partial charge in [0, 0.05) is 30.1 Å². The van der Waals surface area contributed by atoms with E-state index in [1.54, 1.807) is 0 Å². The predicted octanol–water partition coefficient (Wildman–Crippen LogP) is 3.28. The normalized spacial score (nSPS) is 17.5. The summed E-state index contributed by atoms with van der Waals surface area (Å²) in [6, 6.07) is 7.79. The molecule has 2 aromatic rings. The van der Waals surface area contributed by atoms with E-state index in [9.17, 15) is 0 Å². The van der Waals surface area contributed by atoms with Gasteiger partial charge in [0.15, 0.2) is 5.82 Å². The predicted molar refractivity (Wildman–Crippen MR) is 75.0 cm³/mol. The average Bonchev–Trinajstić information content (AvgIpc) is 3.16. The summed E-state index contributed by atoms with van der Waals surface area (Å²) in [5.74, 6) is 1.41. The molecule has 4 heteroatoms. The van der Waals surface area contributed by atoms with Gasteiger partial charge in [-0.15, -0.1) is 0 Å². The lowest BCUT2D eigenvalue weighted by Crippen LogP contribution is -2.02. The fourth-order valence-electron chi connectivity index (χ4n) is 2.65. The molecule has 1 aliphatic carbocycles. The molecule has 1 saturated carbocycles. The highest BCUT2D eigenvalue weighted by atomic mass is 35.5. The SMILES string of the molecule is Clc1ccccc1-c1nc2c(c(C3CC3)n1)CNC2. The molecule has 1 aromatic heterocycles. The summed E-state index contributed by atoms with van der Waals surface area (Å²) in [6.45, 7) is 1.75. The van der Waals surface area contributed by atoms with Crippen LogP contribution in [0.15, 0.2) is 24.3 Å². The third kappa shape index (κ3) is 1.94. The number of fused-ring (bicyclic) bond motifs is 1. The van der Waals surface area contributed by atoms with Crippen LogP contribution in [-0.2, 0) is 13.1 Å². The first-order valence-electron chi connectivity index (χ1n) is 6.68. The van der Waals surface area contributed by atoms with E-state index in [-0.39, 0.29) is 0 Å². The Bertz CT molecular complexity index is 650. The van der Waals surface area contributed by atoms with Gasteiger partial charge in [0.05, 0.1) is 16.4 Å². The molecule has 0 bridgehead atoms. The number of aromatic nitrogens is 2. The first-order valence-corrected chi connectivity index (χ1v) is 7.06. The molecule has 0 amide bonds. The van der Waals surface area contributed by atoms with E-state index in [4.69, 9.17) is 21.6 Å². The third-order valence-corrected chi connectivity index (χ3v) is 4.13. The standard InChI is InChI=1S/C15H14ClN3/c16-12-4-2-1-3-10(12)15-18-13-8-17-7-11(13)14(19-15)9-5-6-9/h1-4,9,17H,5-8H2. The van der Waals surface area contributed by atoms with Crippen molar-refractivity contribution in [1.29, 1.82) is 0 Å². The second-order valence-corrected chi connectivity index (χ2v) is 5.62. The van der Waals surface area contributed by atoms with Crippen LogP contribution in [0.25, 0.3) is 11.4 Å². The summed E-state index contributed by atoms with van der Waals surface area (Å²) >= 11 is 6.26. The Morgan fingerprint density at radius 3 is 2.74 bits per heavy atom. The van der Waals surface area contributed by atoms with Crippen LogP contribution >= 0.6 is 11.6 Å². The Morgan fingerprint density at radius 1 is 1.11 bits per heavy atom. The topological polar surface area (TPSA) is 37.8 Å². The van der Waals surface area contributed by atoms with Crippen molar-refractivity contribution in [2.45, 2.75) is 31.8 Å². The second-order valence-electron chi connectivity index (χ2n) is 5.22. The van der Waals surface area contributed by atoms with E-state index in [1.807, 2.05) is 24.3 Å². The lowest BCUT2D eigenvalue weighted by Gasteiger charge is -2.09. The molecular weight excluding hydrogens is 258 g/mol. The van der Waals surface area contributed by atoms with Crippen LogP contribution in [0.3, 0.4) is 0 Å². The molecule has 2 aliphatic rings. The zero-order valence-corrected chi connectivity index (χ0v) is 11.2. The Morgan fingerprint density at radius 2 is 1.95 bits per heavy atom. The molecule has 19 heavy (non-hydrogen) atoms. The molecule has 1 aliphatic heterocycles. The van der Waals surface area contributed by atoms with Crippen molar-refractivity contribution in [1.82, 2.24) is 15.3 Å². The van der Waals surface area contributed by atoms with Crippen molar-refractivity contribution < 1.29 is 0 Å². The van der Waals surface area contributed by atoms with Gasteiger partial charge in [-0.2, -0.15) is 0 Å². The van der Waals surface area contributed by atoms with Crippen molar-refractivity contribution in [2.75, 3.05) is 0 Å². The van der Waals surface area contributed by atoms with Crippen LogP contribution in [-0.4, -0.2) is 9.97 Å². The average molecular weight is 272 g/mol. The lowest BCUT2D eigenvalue weighted by atomic mass is 10.1. The Balaban J connectivity index is 1.90. The molecule has 1 N–H and O–H groups in total. The minimum Gasteiger partial charge on any atom is -0.307 e. The number of hydrogen-bond donors (Lipinski definition) is 1. The van der Waals surface area contributed by atoms with Crippen molar-refractivity contribution >= 4 is 11.6 Å². The highest BCUT2D eigenvalue weighted by Crippen LogP contribution is 2.42. The molecule has 0 spiro atoms. The van der Waals surface area contributed by atoms with Crippen LogP contribution < -0.4 is 5.32 Å². The van der Waals surface area contributed by atoms with Crippen molar-refractivity contribution in [3.05, 3.63) is 46.2 Å². The lowest BCUT2D eigenvalue weighted by molar-refractivity contribution is 0.755. The number of halogens is 1. The number of rotatable bonds is 2. The maximum atomic E-state index is 6.26. The summed E-state index contributed by atoms with van der Waals surface area (Å²) in [5, 5.41) is 4.09. The van der Waals surface area contributed by atoms with Crippen molar-refractivity contribution in [3.63, 3.8) is 0 Å². The van der Waals surface area contributed by atoms with Gasteiger partial charge in [-0.25, -0.2) is 9.97 Å². The van der Waals surface area contributed by atoms with E-state index < -0.39 is 0 Å². The van der Waals surface area contributed by atoms with Gasteiger partial charge >= 0.3 is 0 Å². The highest BCUT2D eigenvalue weighted by molar-refractivity contribution is 6.33. The monoisotopic (exact) mass is 271 g/mol. The first kappa shape index (κ1) is 11.4. The third-order valence-electron chi connectivity index (χ3n) is 3.80. The van der Waals surface area contributed by atoms with Gasteiger partial charge in [-0.3, -0.25) is 0 Å². The fraction of sp³-hybridized carbons (Fsp3) is 0.333. The molecule has 1 fully saturated rings. The molecule has 3 nitrogen and oxygen atoms in total. The molecule has 96 valence electrons. The summed E-state index contributed by atoms with van der Waals surface area (Å²) < 4.78 is 0. The molecule has 4 rings (SSSR count). The van der Waals surface area contributed by atoms with E-state index >= 15 is 0 Å². The molecule has 0 atom stereocenters. The smallest absolute Gasteiger partial charge is 0.161 e. The summed E-state index contributed by atoms with van der Waals surface area (Å²) in [4.78, 5) is 9.50. The minimum atomic E-state index is 0.637. The number of nitrogens with zero attached hydrogens (tertiary/aromatic N) is 2. The van der Waals surface area contributed by atoms with E-state index in [1.165, 1.54) is 24.1 Å². The quantitative estimate of drug-likeness (QED) is 0.911. The maximum absolute atomic E-state index is 6.26. The van der Waals surface area contributed by atoms with Crippen LogP contribution in [0.2, 0.25) is 5.02 Å². The molecule has 0 radical (unpaired) electrons. The van der Waals surface area contributed by atoms with Crippen molar-refractivity contribution in [2.24, 2.45) is 0 Å². The second kappa shape index (κ2) is 4.29. The molecular formula is C15H14ClN3. The Hall–Kier alpha value is -1.45. The summed E-state index contributed by atoms with van der Waals surface area (Å²) in [6.07, 6.45) is 2.51. The van der Waals surface area contributed by atoms with E-state index in [2.05, 4.69) is 5.32 Å². The van der Waals surface area contributed by atoms with Gasteiger partial charge in [-0.1, -0.05) is 23.7 Å². The Labute approximate surface area is 117 Å². The first-order chi connectivity index (χ1) is 9.33. The van der Waals surface area contributed by atoms with Crippen LogP contribution in [0.4, 0.5) is 0 Å². The number of nitrogens with one attached hydrogen (secondary N) is 1. The van der Waals surface area contributed by atoms with Crippen molar-refractivity contribution in [3.8, 4) is 11.4 Å².